The zero-order valence-electron chi connectivity index (χ0n) is 7.79. The second-order valence-electron chi connectivity index (χ2n) is 2.94. The molecular weight excluding hydrogens is 257 g/mol. The summed E-state index contributed by atoms with van der Waals surface area (Å²) in [7, 11) is 1.41. The van der Waals surface area contributed by atoms with Gasteiger partial charge < -0.3 is 0 Å². The Hall–Kier alpha value is -0.760. The molecule has 1 rings (SSSR count). The van der Waals surface area contributed by atoms with Crippen molar-refractivity contribution in [2.45, 2.75) is 17.7 Å². The second-order valence-corrected chi connectivity index (χ2v) is 5.74. The van der Waals surface area contributed by atoms with Crippen LogP contribution in [-0.2, 0) is 14.9 Å². The maximum Gasteiger partial charge on any atom is 0.261 e. The number of hydrogen-bond acceptors (Lipinski definition) is 3. The first-order chi connectivity index (χ1) is 6.90. The van der Waals surface area contributed by atoms with Crippen molar-refractivity contribution in [3.8, 4) is 6.07 Å². The summed E-state index contributed by atoms with van der Waals surface area (Å²) in [4.78, 5) is -0.0566. The maximum atomic E-state index is 11.2. The average Bonchev–Trinajstić information content (AvgIpc) is 2.16. The molecule has 0 unspecified atom stereocenters. The highest BCUT2D eigenvalue weighted by Crippen LogP contribution is 2.25. The molecule has 0 amide bonds. The third-order valence-electron chi connectivity index (χ3n) is 2.00. The van der Waals surface area contributed by atoms with Crippen LogP contribution in [0.3, 0.4) is 0 Å². The minimum Gasteiger partial charge on any atom is -0.207 e. The van der Waals surface area contributed by atoms with E-state index in [2.05, 4.69) is 0 Å². The van der Waals surface area contributed by atoms with Crippen LogP contribution in [0.5, 0.6) is 0 Å². The molecule has 1 aromatic rings. The number of nitrogens with zero attached hydrogens (tertiary/aromatic N) is 1. The Balaban J connectivity index is 3.60. The van der Waals surface area contributed by atoms with Gasteiger partial charge in [-0.25, -0.2) is 8.42 Å². The van der Waals surface area contributed by atoms with E-state index in [1.54, 1.807) is 13.0 Å². The summed E-state index contributed by atoms with van der Waals surface area (Å²) in [5.74, 6) is 0.140. The van der Waals surface area contributed by atoms with Gasteiger partial charge in [0.15, 0.2) is 0 Å². The van der Waals surface area contributed by atoms with Gasteiger partial charge >= 0.3 is 0 Å². The quantitative estimate of drug-likeness (QED) is 0.609. The monoisotopic (exact) mass is 263 g/mol. The van der Waals surface area contributed by atoms with Gasteiger partial charge in [-0.15, -0.1) is 11.6 Å². The number of alkyl halides is 1. The molecule has 0 aliphatic carbocycles. The van der Waals surface area contributed by atoms with Gasteiger partial charge in [0.2, 0.25) is 0 Å². The van der Waals surface area contributed by atoms with Crippen LogP contribution in [0.25, 0.3) is 0 Å². The van der Waals surface area contributed by atoms with E-state index in [9.17, 15) is 8.42 Å². The summed E-state index contributed by atoms with van der Waals surface area (Å²) in [5.41, 5.74) is 1.31. The van der Waals surface area contributed by atoms with Crippen molar-refractivity contribution in [1.29, 1.82) is 5.26 Å². The van der Waals surface area contributed by atoms with E-state index in [1.807, 2.05) is 6.07 Å². The Morgan fingerprint density at radius 3 is 2.47 bits per heavy atom. The maximum absolute atomic E-state index is 11.2. The Labute approximate surface area is 97.7 Å². The van der Waals surface area contributed by atoms with Crippen LogP contribution in [-0.4, -0.2) is 8.42 Å². The molecule has 0 radical (unpaired) electrons. The molecule has 3 nitrogen and oxygen atoms in total. The standard InChI is InChI=1S/C9H7Cl2NO2S/c1-6-8(4-10)2-7(5-12)3-9(6)15(11,13)14/h2-3H,4H2,1H3. The fourth-order valence-corrected chi connectivity index (χ4v) is 2.72. The molecule has 0 heterocycles. The molecule has 0 N–H and O–H groups in total. The van der Waals surface area contributed by atoms with Crippen molar-refractivity contribution in [3.05, 3.63) is 28.8 Å². The Bertz CT molecular complexity index is 532. The van der Waals surface area contributed by atoms with Crippen LogP contribution in [0.2, 0.25) is 0 Å². The van der Waals surface area contributed by atoms with Crippen molar-refractivity contribution in [2.24, 2.45) is 0 Å². The number of benzene rings is 1. The predicted octanol–water partition coefficient (Wildman–Crippen LogP) is 2.53. The van der Waals surface area contributed by atoms with Crippen LogP contribution >= 0.6 is 22.3 Å². The van der Waals surface area contributed by atoms with Gasteiger partial charge in [0, 0.05) is 16.6 Å². The number of hydrogen-bond donors (Lipinski definition) is 0. The molecule has 0 bridgehead atoms. The van der Waals surface area contributed by atoms with Gasteiger partial charge in [0.1, 0.15) is 0 Å². The molecule has 80 valence electrons. The molecule has 1 aromatic carbocycles. The minimum atomic E-state index is -3.84. The lowest BCUT2D eigenvalue weighted by atomic mass is 10.1. The first kappa shape index (κ1) is 12.3. The number of nitriles is 1. The largest absolute Gasteiger partial charge is 0.261 e. The summed E-state index contributed by atoms with van der Waals surface area (Å²) in [6.07, 6.45) is 0. The summed E-state index contributed by atoms with van der Waals surface area (Å²) in [6.45, 7) is 1.61. The van der Waals surface area contributed by atoms with Crippen LogP contribution in [0.1, 0.15) is 16.7 Å². The highest BCUT2D eigenvalue weighted by atomic mass is 35.7. The zero-order chi connectivity index (χ0) is 11.6. The zero-order valence-corrected chi connectivity index (χ0v) is 10.1. The molecule has 0 atom stereocenters. The van der Waals surface area contributed by atoms with Gasteiger partial charge in [-0.2, -0.15) is 5.26 Å². The van der Waals surface area contributed by atoms with Crippen molar-refractivity contribution >= 4 is 31.3 Å². The van der Waals surface area contributed by atoms with E-state index in [-0.39, 0.29) is 16.3 Å². The van der Waals surface area contributed by atoms with Crippen molar-refractivity contribution in [2.75, 3.05) is 0 Å². The third-order valence-corrected chi connectivity index (χ3v) is 3.74. The molecule has 0 aliphatic heterocycles. The van der Waals surface area contributed by atoms with Crippen molar-refractivity contribution in [1.82, 2.24) is 0 Å². The third kappa shape index (κ3) is 2.63. The Morgan fingerprint density at radius 2 is 2.07 bits per heavy atom. The topological polar surface area (TPSA) is 57.9 Å². The molecule has 15 heavy (non-hydrogen) atoms. The van der Waals surface area contributed by atoms with Crippen molar-refractivity contribution in [3.63, 3.8) is 0 Å². The molecule has 0 aliphatic rings. The lowest BCUT2D eigenvalue weighted by Crippen LogP contribution is -1.99. The normalized spacial score (nSPS) is 11.1. The summed E-state index contributed by atoms with van der Waals surface area (Å²) in [6, 6.07) is 4.65. The molecular formula is C9H7Cl2NO2S. The molecule has 0 saturated carbocycles. The van der Waals surface area contributed by atoms with Crippen LogP contribution in [0, 0.1) is 18.3 Å². The highest BCUT2D eigenvalue weighted by molar-refractivity contribution is 8.13. The van der Waals surface area contributed by atoms with E-state index in [0.717, 1.165) is 0 Å². The number of rotatable bonds is 2. The molecule has 0 aromatic heterocycles. The summed E-state index contributed by atoms with van der Waals surface area (Å²) < 4.78 is 22.4. The number of halogens is 2. The van der Waals surface area contributed by atoms with Gasteiger partial charge in [0.25, 0.3) is 9.05 Å². The van der Waals surface area contributed by atoms with Crippen LogP contribution in [0.4, 0.5) is 0 Å². The average molecular weight is 264 g/mol. The fourth-order valence-electron chi connectivity index (χ4n) is 1.20. The van der Waals surface area contributed by atoms with Crippen molar-refractivity contribution < 1.29 is 8.42 Å². The van der Waals surface area contributed by atoms with Crippen LogP contribution < -0.4 is 0 Å². The van der Waals surface area contributed by atoms with Crippen LogP contribution in [0.15, 0.2) is 17.0 Å². The van der Waals surface area contributed by atoms with Gasteiger partial charge in [-0.1, -0.05) is 0 Å². The minimum absolute atomic E-state index is 0.0566. The SMILES string of the molecule is Cc1c(CCl)cc(C#N)cc1S(=O)(=O)Cl. The van der Waals surface area contributed by atoms with E-state index in [4.69, 9.17) is 27.5 Å². The predicted molar refractivity (Wildman–Crippen MR) is 58.5 cm³/mol. The summed E-state index contributed by atoms with van der Waals surface area (Å²) in [5, 5.41) is 8.71. The smallest absolute Gasteiger partial charge is 0.207 e. The Morgan fingerprint density at radius 1 is 1.47 bits per heavy atom. The fraction of sp³-hybridized carbons (Fsp3) is 0.222. The van der Waals surface area contributed by atoms with E-state index >= 15 is 0 Å². The molecule has 6 heteroatoms. The first-order valence-electron chi connectivity index (χ1n) is 3.94. The van der Waals surface area contributed by atoms with E-state index in [0.29, 0.717) is 11.1 Å². The highest BCUT2D eigenvalue weighted by Gasteiger charge is 2.17. The molecule has 0 spiro atoms. The molecule has 0 saturated heterocycles. The summed E-state index contributed by atoms with van der Waals surface area (Å²) >= 11 is 5.64. The Kier molecular flexibility index (Phi) is 3.61. The van der Waals surface area contributed by atoms with Gasteiger partial charge in [-0.3, -0.25) is 0 Å². The van der Waals surface area contributed by atoms with E-state index in [1.165, 1.54) is 6.07 Å². The molecule has 0 fully saturated rings. The lowest BCUT2D eigenvalue weighted by Gasteiger charge is -2.07. The van der Waals surface area contributed by atoms with Gasteiger partial charge in [0.05, 0.1) is 16.5 Å². The van der Waals surface area contributed by atoms with E-state index < -0.39 is 9.05 Å². The lowest BCUT2D eigenvalue weighted by molar-refractivity contribution is 0.609. The van der Waals surface area contributed by atoms with Gasteiger partial charge in [-0.05, 0) is 30.2 Å². The second kappa shape index (κ2) is 4.40. The first-order valence-corrected chi connectivity index (χ1v) is 6.78.